The highest BCUT2D eigenvalue weighted by Crippen LogP contribution is 2.35. The van der Waals surface area contributed by atoms with Crippen molar-refractivity contribution in [1.82, 2.24) is 14.8 Å². The van der Waals surface area contributed by atoms with Gasteiger partial charge in [-0.25, -0.2) is 0 Å². The van der Waals surface area contributed by atoms with Gasteiger partial charge in [0.05, 0.1) is 18.5 Å². The van der Waals surface area contributed by atoms with Gasteiger partial charge in [-0.05, 0) is 12.1 Å². The van der Waals surface area contributed by atoms with E-state index in [0.717, 1.165) is 40.9 Å². The quantitative estimate of drug-likeness (QED) is 0.787. The Hall–Kier alpha value is -2.82. The molecule has 2 aromatic carbocycles. The Kier molecular flexibility index (Phi) is 3.26. The Balaban J connectivity index is 1.99. The SMILES string of the molecule is COc1ccc2c(c1)-n1c(-c3ccccc3)nnc1[C@@H](C)CN2. The maximum atomic E-state index is 5.40. The van der Waals surface area contributed by atoms with Crippen molar-refractivity contribution in [2.75, 3.05) is 19.0 Å². The molecule has 116 valence electrons. The fourth-order valence-corrected chi connectivity index (χ4v) is 2.95. The van der Waals surface area contributed by atoms with Gasteiger partial charge in [-0.2, -0.15) is 0 Å². The number of rotatable bonds is 2. The molecule has 2 heterocycles. The molecule has 0 aliphatic carbocycles. The zero-order chi connectivity index (χ0) is 15.8. The molecule has 0 bridgehead atoms. The molecule has 0 spiro atoms. The summed E-state index contributed by atoms with van der Waals surface area (Å²) >= 11 is 0. The van der Waals surface area contributed by atoms with Crippen LogP contribution in [-0.2, 0) is 0 Å². The summed E-state index contributed by atoms with van der Waals surface area (Å²) in [5, 5.41) is 12.4. The van der Waals surface area contributed by atoms with Crippen LogP contribution in [0.25, 0.3) is 17.1 Å². The lowest BCUT2D eigenvalue weighted by atomic mass is 10.1. The molecule has 0 radical (unpaired) electrons. The molecule has 1 aromatic heterocycles. The second-order valence-electron chi connectivity index (χ2n) is 5.75. The first-order valence-corrected chi connectivity index (χ1v) is 7.71. The zero-order valence-corrected chi connectivity index (χ0v) is 13.2. The fourth-order valence-electron chi connectivity index (χ4n) is 2.95. The van der Waals surface area contributed by atoms with E-state index in [0.29, 0.717) is 0 Å². The summed E-state index contributed by atoms with van der Waals surface area (Å²) in [6.45, 7) is 2.98. The van der Waals surface area contributed by atoms with Gasteiger partial charge in [-0.15, -0.1) is 10.2 Å². The fraction of sp³-hybridized carbons (Fsp3) is 0.222. The van der Waals surface area contributed by atoms with Gasteiger partial charge in [0, 0.05) is 24.1 Å². The molecule has 0 amide bonds. The molecule has 1 N–H and O–H groups in total. The Morgan fingerprint density at radius 1 is 1.13 bits per heavy atom. The standard InChI is InChI=1S/C18H18N4O/c1-12-11-19-15-9-8-14(23-2)10-16(15)22-17(12)20-21-18(22)13-6-4-3-5-7-13/h3-10,12,19H,11H2,1-2H3/t12-/m0/s1. The van der Waals surface area contributed by atoms with Gasteiger partial charge >= 0.3 is 0 Å². The molecular weight excluding hydrogens is 288 g/mol. The van der Waals surface area contributed by atoms with Crippen LogP contribution in [0.4, 0.5) is 5.69 Å². The average Bonchev–Trinajstić information content (AvgIpc) is 3.00. The predicted molar refractivity (Wildman–Crippen MR) is 90.3 cm³/mol. The van der Waals surface area contributed by atoms with Gasteiger partial charge in [0.25, 0.3) is 0 Å². The van der Waals surface area contributed by atoms with Crippen molar-refractivity contribution < 1.29 is 4.74 Å². The number of hydrogen-bond donors (Lipinski definition) is 1. The first-order chi connectivity index (χ1) is 11.3. The minimum atomic E-state index is 0.262. The molecule has 0 fully saturated rings. The van der Waals surface area contributed by atoms with E-state index in [-0.39, 0.29) is 5.92 Å². The van der Waals surface area contributed by atoms with Gasteiger partial charge in [0.15, 0.2) is 5.82 Å². The van der Waals surface area contributed by atoms with Crippen LogP contribution in [0, 0.1) is 0 Å². The van der Waals surface area contributed by atoms with E-state index in [1.807, 2.05) is 36.4 Å². The van der Waals surface area contributed by atoms with E-state index in [2.05, 4.69) is 39.1 Å². The smallest absolute Gasteiger partial charge is 0.168 e. The third-order valence-electron chi connectivity index (χ3n) is 4.21. The van der Waals surface area contributed by atoms with E-state index >= 15 is 0 Å². The number of ether oxygens (including phenoxy) is 1. The van der Waals surface area contributed by atoms with E-state index in [9.17, 15) is 0 Å². The number of nitrogens with one attached hydrogen (secondary N) is 1. The molecule has 23 heavy (non-hydrogen) atoms. The van der Waals surface area contributed by atoms with Crippen molar-refractivity contribution in [2.45, 2.75) is 12.8 Å². The highest BCUT2D eigenvalue weighted by Gasteiger charge is 2.25. The lowest BCUT2D eigenvalue weighted by Crippen LogP contribution is -2.09. The number of hydrogen-bond acceptors (Lipinski definition) is 4. The molecular formula is C18H18N4O. The van der Waals surface area contributed by atoms with Gasteiger partial charge in [-0.1, -0.05) is 37.3 Å². The summed E-state index contributed by atoms with van der Waals surface area (Å²) in [6, 6.07) is 16.2. The van der Waals surface area contributed by atoms with Crippen molar-refractivity contribution in [3.63, 3.8) is 0 Å². The number of aromatic nitrogens is 3. The average molecular weight is 306 g/mol. The summed E-state index contributed by atoms with van der Waals surface area (Å²) in [5.41, 5.74) is 3.13. The third kappa shape index (κ3) is 2.25. The third-order valence-corrected chi connectivity index (χ3v) is 4.21. The van der Waals surface area contributed by atoms with Crippen molar-refractivity contribution >= 4 is 5.69 Å². The molecule has 1 atom stereocenters. The van der Waals surface area contributed by atoms with Crippen molar-refractivity contribution in [3.8, 4) is 22.8 Å². The first-order valence-electron chi connectivity index (χ1n) is 7.71. The minimum absolute atomic E-state index is 0.262. The molecule has 1 aliphatic heterocycles. The molecule has 0 saturated carbocycles. The van der Waals surface area contributed by atoms with Gasteiger partial charge in [-0.3, -0.25) is 4.57 Å². The van der Waals surface area contributed by atoms with Crippen LogP contribution in [-0.4, -0.2) is 28.4 Å². The Labute approximate surface area is 134 Å². The first kappa shape index (κ1) is 13.8. The predicted octanol–water partition coefficient (Wildman–Crippen LogP) is 3.47. The van der Waals surface area contributed by atoms with Crippen LogP contribution < -0.4 is 10.1 Å². The van der Waals surface area contributed by atoms with Crippen LogP contribution in [0.1, 0.15) is 18.7 Å². The maximum absolute atomic E-state index is 5.40. The lowest BCUT2D eigenvalue weighted by Gasteiger charge is -2.13. The van der Waals surface area contributed by atoms with E-state index < -0.39 is 0 Å². The Morgan fingerprint density at radius 3 is 2.74 bits per heavy atom. The van der Waals surface area contributed by atoms with Crippen molar-refractivity contribution in [2.24, 2.45) is 0 Å². The summed E-state index contributed by atoms with van der Waals surface area (Å²) < 4.78 is 7.54. The second kappa shape index (κ2) is 5.43. The summed E-state index contributed by atoms with van der Waals surface area (Å²) in [6.07, 6.45) is 0. The topological polar surface area (TPSA) is 52.0 Å². The van der Waals surface area contributed by atoms with Crippen molar-refractivity contribution in [1.29, 1.82) is 0 Å². The number of nitrogens with zero attached hydrogens (tertiary/aromatic N) is 3. The molecule has 0 unspecified atom stereocenters. The molecule has 5 nitrogen and oxygen atoms in total. The van der Waals surface area contributed by atoms with Crippen LogP contribution in [0.2, 0.25) is 0 Å². The number of methoxy groups -OCH3 is 1. The summed E-state index contributed by atoms with van der Waals surface area (Å²) in [4.78, 5) is 0. The highest BCUT2D eigenvalue weighted by molar-refractivity contribution is 5.69. The van der Waals surface area contributed by atoms with E-state index in [1.165, 1.54) is 0 Å². The van der Waals surface area contributed by atoms with Crippen LogP contribution in [0.15, 0.2) is 48.5 Å². The summed E-state index contributed by atoms with van der Waals surface area (Å²) in [7, 11) is 1.68. The molecule has 0 saturated heterocycles. The monoisotopic (exact) mass is 306 g/mol. The highest BCUT2D eigenvalue weighted by atomic mass is 16.5. The Bertz CT molecular complexity index is 841. The minimum Gasteiger partial charge on any atom is -0.497 e. The Morgan fingerprint density at radius 2 is 1.96 bits per heavy atom. The van der Waals surface area contributed by atoms with Crippen LogP contribution in [0.5, 0.6) is 5.75 Å². The van der Waals surface area contributed by atoms with Crippen LogP contribution >= 0.6 is 0 Å². The largest absolute Gasteiger partial charge is 0.497 e. The number of benzene rings is 2. The molecule has 3 aromatic rings. The van der Waals surface area contributed by atoms with Crippen molar-refractivity contribution in [3.05, 3.63) is 54.4 Å². The molecule has 5 heteroatoms. The van der Waals surface area contributed by atoms with E-state index in [1.54, 1.807) is 7.11 Å². The maximum Gasteiger partial charge on any atom is 0.168 e. The summed E-state index contributed by atoms with van der Waals surface area (Å²) in [5.74, 6) is 2.89. The van der Waals surface area contributed by atoms with Gasteiger partial charge in [0.2, 0.25) is 0 Å². The zero-order valence-electron chi connectivity index (χ0n) is 13.2. The van der Waals surface area contributed by atoms with Crippen LogP contribution in [0.3, 0.4) is 0 Å². The molecule has 1 aliphatic rings. The normalized spacial score (nSPS) is 16.0. The second-order valence-corrected chi connectivity index (χ2v) is 5.75. The number of fused-ring (bicyclic) bond motifs is 3. The lowest BCUT2D eigenvalue weighted by molar-refractivity contribution is 0.414. The van der Waals surface area contributed by atoms with E-state index in [4.69, 9.17) is 4.74 Å². The molecule has 4 rings (SSSR count). The van der Waals surface area contributed by atoms with Gasteiger partial charge in [0.1, 0.15) is 11.6 Å². The van der Waals surface area contributed by atoms with Gasteiger partial charge < -0.3 is 10.1 Å². The number of anilines is 1.